The number of hydrogen-bond acceptors (Lipinski definition) is 4. The van der Waals surface area contributed by atoms with Gasteiger partial charge in [0.15, 0.2) is 0 Å². The van der Waals surface area contributed by atoms with Crippen molar-refractivity contribution in [1.82, 2.24) is 5.32 Å². The van der Waals surface area contributed by atoms with Crippen LogP contribution in [0.25, 0.3) is 0 Å². The third-order valence-corrected chi connectivity index (χ3v) is 6.80. The summed E-state index contributed by atoms with van der Waals surface area (Å²) in [5.74, 6) is -0.868. The number of benzene rings is 3. The Hall–Kier alpha value is -4.33. The van der Waals surface area contributed by atoms with Gasteiger partial charge in [-0.1, -0.05) is 54.6 Å². The first kappa shape index (κ1) is 27.7. The van der Waals surface area contributed by atoms with Crippen LogP contribution in [0.1, 0.15) is 44.2 Å². The fraction of sp³-hybridized carbons (Fsp3) is 0.323. The Labute approximate surface area is 230 Å². The van der Waals surface area contributed by atoms with Crippen molar-refractivity contribution in [3.05, 3.63) is 90.0 Å². The van der Waals surface area contributed by atoms with Crippen molar-refractivity contribution in [2.24, 2.45) is 5.73 Å². The number of hydrogen-bond donors (Lipinski definition) is 2. The number of anilines is 3. The number of amides is 4. The summed E-state index contributed by atoms with van der Waals surface area (Å²) in [5, 5.41) is 2.96. The van der Waals surface area contributed by atoms with Gasteiger partial charge in [-0.15, -0.1) is 0 Å². The molecule has 3 aromatic carbocycles. The SMILES string of the molecule is CN(C)c1cccc(N(C(N)=O)C2CC(c3ccccc3)c3ccccc3N(CC(=O)NC(C)(C)C)C2=O)c1. The summed E-state index contributed by atoms with van der Waals surface area (Å²) in [4.78, 5) is 45.4. The number of primary amides is 1. The standard InChI is InChI=1S/C31H37N5O3/c1-31(2,3)33-28(37)20-35-26-17-10-9-16-24(26)25(21-12-7-6-8-13-21)19-27(29(35)38)36(30(32)39)23-15-11-14-22(18-23)34(4)5/h6-18,25,27H,19-20H2,1-5H3,(H2,32,39)(H,33,37). The van der Waals surface area contributed by atoms with E-state index in [1.165, 1.54) is 9.80 Å². The van der Waals surface area contributed by atoms with E-state index < -0.39 is 17.6 Å². The van der Waals surface area contributed by atoms with Crippen molar-refractivity contribution in [3.8, 4) is 0 Å². The lowest BCUT2D eigenvalue weighted by atomic mass is 9.85. The molecule has 1 heterocycles. The van der Waals surface area contributed by atoms with Gasteiger partial charge in [0.25, 0.3) is 5.91 Å². The Morgan fingerprint density at radius 2 is 1.59 bits per heavy atom. The lowest BCUT2D eigenvalue weighted by Crippen LogP contribution is -2.55. The van der Waals surface area contributed by atoms with Gasteiger partial charge in [-0.3, -0.25) is 14.5 Å². The van der Waals surface area contributed by atoms with E-state index in [1.807, 2.05) is 113 Å². The predicted molar refractivity (Wildman–Crippen MR) is 156 cm³/mol. The molecule has 0 bridgehead atoms. The first-order valence-corrected chi connectivity index (χ1v) is 13.1. The number of para-hydroxylation sites is 1. The molecule has 4 amide bonds. The predicted octanol–water partition coefficient (Wildman–Crippen LogP) is 4.49. The number of carbonyl (C=O) groups excluding carboxylic acids is 3. The van der Waals surface area contributed by atoms with Crippen LogP contribution in [0.3, 0.4) is 0 Å². The molecule has 0 spiro atoms. The maximum atomic E-state index is 14.4. The maximum absolute atomic E-state index is 14.4. The van der Waals surface area contributed by atoms with Gasteiger partial charge in [0, 0.05) is 42.6 Å². The molecular formula is C31H37N5O3. The molecule has 4 rings (SSSR count). The van der Waals surface area contributed by atoms with Crippen molar-refractivity contribution in [1.29, 1.82) is 0 Å². The van der Waals surface area contributed by atoms with E-state index >= 15 is 0 Å². The molecule has 0 saturated carbocycles. The molecular weight excluding hydrogens is 490 g/mol. The molecule has 1 aliphatic rings. The van der Waals surface area contributed by atoms with Crippen molar-refractivity contribution in [2.75, 3.05) is 35.3 Å². The molecule has 8 heteroatoms. The first-order valence-electron chi connectivity index (χ1n) is 13.1. The smallest absolute Gasteiger partial charge is 0.320 e. The summed E-state index contributed by atoms with van der Waals surface area (Å²) in [6, 6.07) is 23.2. The average Bonchev–Trinajstić information content (AvgIpc) is 2.99. The second-order valence-electron chi connectivity index (χ2n) is 11.1. The van der Waals surface area contributed by atoms with Crippen LogP contribution in [-0.4, -0.2) is 50.1 Å². The molecule has 0 saturated heterocycles. The average molecular weight is 528 g/mol. The van der Waals surface area contributed by atoms with Crippen molar-refractivity contribution < 1.29 is 14.4 Å². The number of nitrogens with two attached hydrogens (primary N) is 1. The monoisotopic (exact) mass is 527 g/mol. The third-order valence-electron chi connectivity index (χ3n) is 6.80. The summed E-state index contributed by atoms with van der Waals surface area (Å²) < 4.78 is 0. The first-order chi connectivity index (χ1) is 18.5. The lowest BCUT2D eigenvalue weighted by molar-refractivity contribution is -0.125. The Morgan fingerprint density at radius 3 is 2.23 bits per heavy atom. The van der Waals surface area contributed by atoms with Gasteiger partial charge >= 0.3 is 6.03 Å². The summed E-state index contributed by atoms with van der Waals surface area (Å²) in [6.07, 6.45) is 0.298. The molecule has 1 aliphatic heterocycles. The van der Waals surface area contributed by atoms with Crippen molar-refractivity contribution in [3.63, 3.8) is 0 Å². The van der Waals surface area contributed by atoms with Crippen LogP contribution in [0.15, 0.2) is 78.9 Å². The molecule has 2 unspecified atom stereocenters. The van der Waals surface area contributed by atoms with Crippen LogP contribution in [0, 0.1) is 0 Å². The number of fused-ring (bicyclic) bond motifs is 1. The molecule has 3 aromatic rings. The van der Waals surface area contributed by atoms with Crippen LogP contribution in [-0.2, 0) is 9.59 Å². The second kappa shape index (κ2) is 11.2. The molecule has 0 radical (unpaired) electrons. The molecule has 39 heavy (non-hydrogen) atoms. The lowest BCUT2D eigenvalue weighted by Gasteiger charge is -2.33. The van der Waals surface area contributed by atoms with E-state index in [-0.39, 0.29) is 24.3 Å². The molecule has 0 fully saturated rings. The zero-order chi connectivity index (χ0) is 28.3. The topological polar surface area (TPSA) is 99.0 Å². The number of rotatable bonds is 6. The molecule has 2 atom stereocenters. The minimum Gasteiger partial charge on any atom is -0.378 e. The third kappa shape index (κ3) is 6.22. The summed E-state index contributed by atoms with van der Waals surface area (Å²) in [5.41, 5.74) is 9.46. The van der Waals surface area contributed by atoms with Crippen LogP contribution < -0.4 is 25.8 Å². The van der Waals surface area contributed by atoms with Crippen molar-refractivity contribution >= 4 is 34.9 Å². The van der Waals surface area contributed by atoms with Gasteiger partial charge in [0.05, 0.1) is 0 Å². The quantitative estimate of drug-likeness (QED) is 0.493. The van der Waals surface area contributed by atoms with Gasteiger partial charge in [0.1, 0.15) is 12.6 Å². The van der Waals surface area contributed by atoms with E-state index in [4.69, 9.17) is 5.73 Å². The maximum Gasteiger partial charge on any atom is 0.320 e. The van der Waals surface area contributed by atoms with Crippen LogP contribution in [0.5, 0.6) is 0 Å². The molecule has 0 aromatic heterocycles. The van der Waals surface area contributed by atoms with Crippen molar-refractivity contribution in [2.45, 2.75) is 44.7 Å². The van der Waals surface area contributed by atoms with E-state index in [9.17, 15) is 14.4 Å². The number of urea groups is 1. The summed E-state index contributed by atoms with van der Waals surface area (Å²) in [7, 11) is 3.81. The normalized spacial score (nSPS) is 17.2. The minimum absolute atomic E-state index is 0.185. The minimum atomic E-state index is -0.944. The highest BCUT2D eigenvalue weighted by Crippen LogP contribution is 2.41. The van der Waals surface area contributed by atoms with Gasteiger partial charge in [-0.05, 0) is 62.6 Å². The Kier molecular flexibility index (Phi) is 7.95. The number of nitrogens with one attached hydrogen (secondary N) is 1. The van der Waals surface area contributed by atoms with E-state index in [0.717, 1.165) is 16.8 Å². The fourth-order valence-electron chi connectivity index (χ4n) is 5.14. The highest BCUT2D eigenvalue weighted by atomic mass is 16.2. The highest BCUT2D eigenvalue weighted by molar-refractivity contribution is 6.08. The van der Waals surface area contributed by atoms with Crippen LogP contribution >= 0.6 is 0 Å². The molecule has 0 aliphatic carbocycles. The summed E-state index contributed by atoms with van der Waals surface area (Å²) >= 11 is 0. The zero-order valence-corrected chi connectivity index (χ0v) is 23.2. The Bertz CT molecular complexity index is 1350. The molecule has 204 valence electrons. The van der Waals surface area contributed by atoms with Gasteiger partial charge in [0.2, 0.25) is 5.91 Å². The van der Waals surface area contributed by atoms with Crippen LogP contribution in [0.2, 0.25) is 0 Å². The molecule has 3 N–H and O–H groups in total. The Balaban J connectivity index is 1.88. The number of carbonyl (C=O) groups is 3. The summed E-state index contributed by atoms with van der Waals surface area (Å²) in [6.45, 7) is 5.49. The largest absolute Gasteiger partial charge is 0.378 e. The highest BCUT2D eigenvalue weighted by Gasteiger charge is 2.41. The second-order valence-corrected chi connectivity index (χ2v) is 11.1. The van der Waals surface area contributed by atoms with Crippen LogP contribution in [0.4, 0.5) is 21.9 Å². The van der Waals surface area contributed by atoms with Gasteiger partial charge < -0.3 is 20.9 Å². The zero-order valence-electron chi connectivity index (χ0n) is 23.2. The Morgan fingerprint density at radius 1 is 0.949 bits per heavy atom. The van der Waals surface area contributed by atoms with Gasteiger partial charge in [-0.25, -0.2) is 4.79 Å². The fourth-order valence-corrected chi connectivity index (χ4v) is 5.14. The van der Waals surface area contributed by atoms with E-state index in [2.05, 4.69) is 5.32 Å². The van der Waals surface area contributed by atoms with E-state index in [0.29, 0.717) is 17.8 Å². The van der Waals surface area contributed by atoms with E-state index in [1.54, 1.807) is 6.07 Å². The van der Waals surface area contributed by atoms with Gasteiger partial charge in [-0.2, -0.15) is 0 Å². The molecule has 8 nitrogen and oxygen atoms in total. The number of nitrogens with zero attached hydrogens (tertiary/aromatic N) is 3.